The quantitative estimate of drug-likeness (QED) is 0.463. The van der Waals surface area contributed by atoms with Crippen LogP contribution in [0, 0.1) is 0 Å². The van der Waals surface area contributed by atoms with Crippen molar-refractivity contribution >= 4 is 11.4 Å². The summed E-state index contributed by atoms with van der Waals surface area (Å²) in [5.74, 6) is 0. The molecule has 0 fully saturated rings. The van der Waals surface area contributed by atoms with Gasteiger partial charge in [-0.2, -0.15) is 0 Å². The van der Waals surface area contributed by atoms with Gasteiger partial charge in [-0.25, -0.2) is 0 Å². The van der Waals surface area contributed by atoms with Gasteiger partial charge in [0.25, 0.3) is 0 Å². The number of nitrogens with one attached hydrogen (secondary N) is 1. The van der Waals surface area contributed by atoms with Crippen molar-refractivity contribution in [1.82, 2.24) is 0 Å². The summed E-state index contributed by atoms with van der Waals surface area (Å²) in [5.41, 5.74) is 9.34. The lowest BCUT2D eigenvalue weighted by molar-refractivity contribution is 0.795. The van der Waals surface area contributed by atoms with E-state index in [1.807, 2.05) is 0 Å². The summed E-state index contributed by atoms with van der Waals surface area (Å²) in [6.45, 7) is 2.25. The molecule has 0 unspecified atom stereocenters. The van der Waals surface area contributed by atoms with Gasteiger partial charge >= 0.3 is 0 Å². The molecule has 0 saturated heterocycles. The second-order valence-electron chi connectivity index (χ2n) is 6.59. The molecule has 0 radical (unpaired) electrons. The van der Waals surface area contributed by atoms with Crippen LogP contribution < -0.4 is 5.32 Å². The van der Waals surface area contributed by atoms with E-state index in [9.17, 15) is 0 Å². The number of hydrogen-bond donors (Lipinski definition) is 1. The number of unbranched alkanes of at least 4 members (excludes halogenated alkanes) is 1. The van der Waals surface area contributed by atoms with Crippen molar-refractivity contribution in [2.24, 2.45) is 0 Å². The molecule has 3 aromatic carbocycles. The van der Waals surface area contributed by atoms with Crippen molar-refractivity contribution in [3.05, 3.63) is 83.4 Å². The minimum Gasteiger partial charge on any atom is -0.355 e. The summed E-state index contributed by atoms with van der Waals surface area (Å²) in [6, 6.07) is 24.3. The lowest BCUT2D eigenvalue weighted by Crippen LogP contribution is -2.07. The van der Waals surface area contributed by atoms with Crippen LogP contribution >= 0.6 is 0 Å². The summed E-state index contributed by atoms with van der Waals surface area (Å²) in [7, 11) is 0. The lowest BCUT2D eigenvalue weighted by Gasteiger charge is -2.24. The first-order chi connectivity index (χ1) is 11.8. The van der Waals surface area contributed by atoms with Crippen LogP contribution in [0.2, 0.25) is 0 Å². The van der Waals surface area contributed by atoms with E-state index < -0.39 is 0 Å². The Bertz CT molecular complexity index is 846. The van der Waals surface area contributed by atoms with Crippen LogP contribution in [0.1, 0.15) is 36.5 Å². The summed E-state index contributed by atoms with van der Waals surface area (Å²) in [5, 5.41) is 3.59. The highest BCUT2D eigenvalue weighted by atomic mass is 14.9. The lowest BCUT2D eigenvalue weighted by atomic mass is 9.90. The fourth-order valence-electron chi connectivity index (χ4n) is 3.53. The van der Waals surface area contributed by atoms with Crippen LogP contribution in [0.25, 0.3) is 11.1 Å². The molecule has 0 atom stereocenters. The van der Waals surface area contributed by atoms with Crippen LogP contribution in [0.15, 0.2) is 66.7 Å². The van der Waals surface area contributed by atoms with Gasteiger partial charge in [-0.3, -0.25) is 0 Å². The highest BCUT2D eigenvalue weighted by molar-refractivity contribution is 5.81. The van der Waals surface area contributed by atoms with E-state index in [0.29, 0.717) is 0 Å². The first kappa shape index (κ1) is 15.0. The Kier molecular flexibility index (Phi) is 4.08. The third kappa shape index (κ3) is 2.82. The average Bonchev–Trinajstić information content (AvgIpc) is 2.64. The van der Waals surface area contributed by atoms with Gasteiger partial charge in [-0.15, -0.1) is 0 Å². The molecule has 4 rings (SSSR count). The number of benzene rings is 3. The normalized spacial score (nSPS) is 12.2. The molecule has 3 aromatic rings. The van der Waals surface area contributed by atoms with Gasteiger partial charge in [-0.05, 0) is 52.8 Å². The number of para-hydroxylation sites is 1. The van der Waals surface area contributed by atoms with Gasteiger partial charge in [-0.1, -0.05) is 67.9 Å². The molecule has 0 amide bonds. The van der Waals surface area contributed by atoms with Crippen LogP contribution in [0.4, 0.5) is 11.4 Å². The van der Waals surface area contributed by atoms with Crippen molar-refractivity contribution in [2.45, 2.75) is 32.6 Å². The molecule has 1 heteroatoms. The maximum atomic E-state index is 3.59. The average molecular weight is 313 g/mol. The Morgan fingerprint density at radius 3 is 2.46 bits per heavy atom. The standard InChI is InChI=1S/C23H23N/c1-2-3-7-17-12-14-18(15-13-17)20-9-6-11-23-21(20)16-19-8-4-5-10-22(19)24-23/h4-6,8-15,24H,2-3,7,16H2,1H3. The van der Waals surface area contributed by atoms with Crippen LogP contribution in [0.5, 0.6) is 0 Å². The van der Waals surface area contributed by atoms with Crippen molar-refractivity contribution in [3.63, 3.8) is 0 Å². The predicted octanol–water partition coefficient (Wildman–Crippen LogP) is 6.34. The fraction of sp³-hybridized carbons (Fsp3) is 0.217. The minimum atomic E-state index is 0.992. The van der Waals surface area contributed by atoms with E-state index in [-0.39, 0.29) is 0 Å². The fourth-order valence-corrected chi connectivity index (χ4v) is 3.53. The molecule has 1 aliphatic heterocycles. The monoisotopic (exact) mass is 313 g/mol. The molecule has 0 aromatic heterocycles. The van der Waals surface area contributed by atoms with E-state index in [0.717, 1.165) is 6.42 Å². The molecule has 24 heavy (non-hydrogen) atoms. The van der Waals surface area contributed by atoms with Crippen molar-refractivity contribution < 1.29 is 0 Å². The molecular weight excluding hydrogens is 290 g/mol. The van der Waals surface area contributed by atoms with E-state index in [1.54, 1.807) is 0 Å². The number of fused-ring (bicyclic) bond motifs is 2. The number of rotatable bonds is 4. The Morgan fingerprint density at radius 2 is 1.62 bits per heavy atom. The van der Waals surface area contributed by atoms with Gasteiger partial charge in [0, 0.05) is 17.8 Å². The third-order valence-electron chi connectivity index (χ3n) is 4.91. The highest BCUT2D eigenvalue weighted by Gasteiger charge is 2.17. The number of aryl methyl sites for hydroxylation is 1. The van der Waals surface area contributed by atoms with Crippen molar-refractivity contribution in [2.75, 3.05) is 5.32 Å². The zero-order chi connectivity index (χ0) is 16.4. The van der Waals surface area contributed by atoms with E-state index in [1.165, 1.54) is 58.5 Å². The van der Waals surface area contributed by atoms with Gasteiger partial charge < -0.3 is 5.32 Å². The molecule has 0 spiro atoms. The maximum Gasteiger partial charge on any atom is 0.0426 e. The Balaban J connectivity index is 1.68. The van der Waals surface area contributed by atoms with E-state index in [2.05, 4.69) is 79.0 Å². The summed E-state index contributed by atoms with van der Waals surface area (Å²) >= 11 is 0. The second kappa shape index (κ2) is 6.52. The maximum absolute atomic E-state index is 3.59. The smallest absolute Gasteiger partial charge is 0.0426 e. The van der Waals surface area contributed by atoms with Gasteiger partial charge in [0.05, 0.1) is 0 Å². The number of anilines is 2. The van der Waals surface area contributed by atoms with Crippen LogP contribution in [-0.2, 0) is 12.8 Å². The van der Waals surface area contributed by atoms with E-state index in [4.69, 9.17) is 0 Å². The van der Waals surface area contributed by atoms with Crippen molar-refractivity contribution in [3.8, 4) is 11.1 Å². The zero-order valence-corrected chi connectivity index (χ0v) is 14.2. The predicted molar refractivity (Wildman–Crippen MR) is 103 cm³/mol. The SMILES string of the molecule is CCCCc1ccc(-c2cccc3c2Cc2ccccc2N3)cc1. The molecule has 1 heterocycles. The van der Waals surface area contributed by atoms with Crippen molar-refractivity contribution in [1.29, 1.82) is 0 Å². The zero-order valence-electron chi connectivity index (χ0n) is 14.2. The van der Waals surface area contributed by atoms with E-state index >= 15 is 0 Å². The molecule has 1 nitrogen and oxygen atoms in total. The molecule has 1 N–H and O–H groups in total. The molecular formula is C23H23N. The minimum absolute atomic E-state index is 0.992. The molecule has 120 valence electrons. The molecule has 0 saturated carbocycles. The Labute approximate surface area is 144 Å². The summed E-state index contributed by atoms with van der Waals surface area (Å²) in [4.78, 5) is 0. The van der Waals surface area contributed by atoms with Gasteiger partial charge in [0.1, 0.15) is 0 Å². The van der Waals surface area contributed by atoms with Gasteiger partial charge in [0.15, 0.2) is 0 Å². The summed E-state index contributed by atoms with van der Waals surface area (Å²) in [6.07, 6.45) is 4.69. The summed E-state index contributed by atoms with van der Waals surface area (Å²) < 4.78 is 0. The Hall–Kier alpha value is -2.54. The topological polar surface area (TPSA) is 12.0 Å². The molecule has 0 aliphatic carbocycles. The Morgan fingerprint density at radius 1 is 0.833 bits per heavy atom. The second-order valence-corrected chi connectivity index (χ2v) is 6.59. The van der Waals surface area contributed by atoms with Gasteiger partial charge in [0.2, 0.25) is 0 Å². The first-order valence-corrected chi connectivity index (χ1v) is 8.91. The first-order valence-electron chi connectivity index (χ1n) is 8.91. The molecule has 0 bridgehead atoms. The highest BCUT2D eigenvalue weighted by Crippen LogP contribution is 2.38. The largest absolute Gasteiger partial charge is 0.355 e. The number of hydrogen-bond acceptors (Lipinski definition) is 1. The molecule has 1 aliphatic rings. The van der Waals surface area contributed by atoms with Crippen LogP contribution in [0.3, 0.4) is 0 Å². The van der Waals surface area contributed by atoms with Crippen LogP contribution in [-0.4, -0.2) is 0 Å². The third-order valence-corrected chi connectivity index (χ3v) is 4.91.